The number of nitrogens with zero attached hydrogens (tertiary/aromatic N) is 2. The second-order valence-electron chi connectivity index (χ2n) is 2.17. The van der Waals surface area contributed by atoms with Crippen molar-refractivity contribution in [3.8, 4) is 0 Å². The SMILES string of the molecule is CCN1CCCN=C1SI. The summed E-state index contributed by atoms with van der Waals surface area (Å²) in [4.78, 5) is 6.72. The zero-order valence-corrected chi connectivity index (χ0v) is 8.98. The largest absolute Gasteiger partial charge is 0.351 e. The third-order valence-corrected chi connectivity index (χ3v) is 3.26. The van der Waals surface area contributed by atoms with Crippen LogP contribution in [-0.2, 0) is 0 Å². The van der Waals surface area contributed by atoms with Gasteiger partial charge in [0.1, 0.15) is 0 Å². The first-order valence-corrected chi connectivity index (χ1v) is 6.82. The standard InChI is InChI=1S/C6H11IN2S/c1-2-9-5-3-4-8-6(9)10-7/h2-5H2,1H3. The van der Waals surface area contributed by atoms with Crippen LogP contribution in [0.1, 0.15) is 13.3 Å². The smallest absolute Gasteiger partial charge is 0.169 e. The third kappa shape index (κ3) is 2.02. The Balaban J connectivity index is 2.53. The van der Waals surface area contributed by atoms with Crippen molar-refractivity contribution >= 4 is 35.3 Å². The van der Waals surface area contributed by atoms with Crippen LogP contribution in [-0.4, -0.2) is 29.7 Å². The summed E-state index contributed by atoms with van der Waals surface area (Å²) in [6.07, 6.45) is 1.22. The van der Waals surface area contributed by atoms with E-state index >= 15 is 0 Å². The highest BCUT2D eigenvalue weighted by Gasteiger charge is 2.11. The lowest BCUT2D eigenvalue weighted by atomic mass is 10.3. The van der Waals surface area contributed by atoms with Crippen LogP contribution in [0.3, 0.4) is 0 Å². The molecule has 10 heavy (non-hydrogen) atoms. The molecule has 0 atom stereocenters. The second-order valence-corrected chi connectivity index (χ2v) is 4.02. The van der Waals surface area contributed by atoms with Gasteiger partial charge in [-0.25, -0.2) is 0 Å². The predicted octanol–water partition coefficient (Wildman–Crippen LogP) is 2.15. The van der Waals surface area contributed by atoms with Gasteiger partial charge in [0.05, 0.1) is 0 Å². The second kappa shape index (κ2) is 4.43. The summed E-state index contributed by atoms with van der Waals surface area (Å²) in [5.41, 5.74) is 0. The summed E-state index contributed by atoms with van der Waals surface area (Å²) in [5.74, 6) is 0. The minimum absolute atomic E-state index is 1.02. The van der Waals surface area contributed by atoms with Gasteiger partial charge in [0.2, 0.25) is 0 Å². The van der Waals surface area contributed by atoms with Gasteiger partial charge in [0.15, 0.2) is 5.17 Å². The number of hydrogen-bond acceptors (Lipinski definition) is 3. The number of rotatable bonds is 1. The molecule has 0 saturated heterocycles. The van der Waals surface area contributed by atoms with Crippen LogP contribution < -0.4 is 0 Å². The van der Waals surface area contributed by atoms with E-state index in [2.05, 4.69) is 38.0 Å². The first kappa shape index (κ1) is 8.64. The first-order valence-electron chi connectivity index (χ1n) is 3.46. The van der Waals surface area contributed by atoms with Gasteiger partial charge >= 0.3 is 0 Å². The molecule has 58 valence electrons. The zero-order valence-electron chi connectivity index (χ0n) is 6.01. The van der Waals surface area contributed by atoms with Gasteiger partial charge in [0.25, 0.3) is 0 Å². The molecule has 0 aromatic heterocycles. The maximum atomic E-state index is 4.40. The molecule has 0 saturated carbocycles. The van der Waals surface area contributed by atoms with Crippen molar-refractivity contribution in [2.75, 3.05) is 19.6 Å². The van der Waals surface area contributed by atoms with Crippen molar-refractivity contribution in [1.29, 1.82) is 0 Å². The molecule has 0 amide bonds. The van der Waals surface area contributed by atoms with Crippen molar-refractivity contribution < 1.29 is 0 Å². The lowest BCUT2D eigenvalue weighted by molar-refractivity contribution is 0.423. The molecule has 0 fully saturated rings. The molecule has 2 nitrogen and oxygen atoms in total. The normalized spacial score (nSPS) is 19.0. The summed E-state index contributed by atoms with van der Waals surface area (Å²) in [6.45, 7) is 5.47. The van der Waals surface area contributed by atoms with E-state index in [0.29, 0.717) is 0 Å². The average molecular weight is 270 g/mol. The molecule has 0 aromatic carbocycles. The summed E-state index contributed by atoms with van der Waals surface area (Å²) in [5, 5.41) is 1.20. The Labute approximate surface area is 78.0 Å². The summed E-state index contributed by atoms with van der Waals surface area (Å²) in [6, 6.07) is 0. The van der Waals surface area contributed by atoms with E-state index in [9.17, 15) is 0 Å². The fourth-order valence-electron chi connectivity index (χ4n) is 0.998. The number of amidine groups is 1. The highest BCUT2D eigenvalue weighted by Crippen LogP contribution is 2.19. The van der Waals surface area contributed by atoms with Gasteiger partial charge in [0, 0.05) is 40.8 Å². The molecule has 1 rings (SSSR count). The highest BCUT2D eigenvalue weighted by molar-refractivity contribution is 14.2. The highest BCUT2D eigenvalue weighted by atomic mass is 127. The number of halogens is 1. The quantitative estimate of drug-likeness (QED) is 0.678. The van der Waals surface area contributed by atoms with E-state index in [1.54, 1.807) is 8.93 Å². The number of aliphatic imine (C=N–C) groups is 1. The molecule has 0 unspecified atom stereocenters. The van der Waals surface area contributed by atoms with Gasteiger partial charge in [-0.3, -0.25) is 4.99 Å². The van der Waals surface area contributed by atoms with Crippen molar-refractivity contribution in [1.82, 2.24) is 4.90 Å². The predicted molar refractivity (Wildman–Crippen MR) is 55.8 cm³/mol. The van der Waals surface area contributed by atoms with Crippen molar-refractivity contribution in [2.24, 2.45) is 4.99 Å². The van der Waals surface area contributed by atoms with Gasteiger partial charge in [-0.1, -0.05) is 0 Å². The summed E-state index contributed by atoms with van der Waals surface area (Å²) in [7, 11) is 1.72. The maximum Gasteiger partial charge on any atom is 0.169 e. The lowest BCUT2D eigenvalue weighted by Gasteiger charge is -2.25. The molecule has 0 bridgehead atoms. The molecule has 1 aliphatic heterocycles. The van der Waals surface area contributed by atoms with Crippen LogP contribution in [0.25, 0.3) is 0 Å². The third-order valence-electron chi connectivity index (χ3n) is 1.55. The molecule has 0 aliphatic carbocycles. The van der Waals surface area contributed by atoms with Crippen LogP contribution in [0.2, 0.25) is 0 Å². The first-order chi connectivity index (χ1) is 4.88. The Kier molecular flexibility index (Phi) is 3.83. The number of hydrogen-bond donors (Lipinski definition) is 0. The molecule has 1 aliphatic rings. The zero-order chi connectivity index (χ0) is 7.40. The van der Waals surface area contributed by atoms with E-state index in [0.717, 1.165) is 13.1 Å². The Morgan fingerprint density at radius 1 is 1.80 bits per heavy atom. The van der Waals surface area contributed by atoms with E-state index in [-0.39, 0.29) is 0 Å². The van der Waals surface area contributed by atoms with Crippen LogP contribution in [0.4, 0.5) is 0 Å². The van der Waals surface area contributed by atoms with Gasteiger partial charge in [-0.05, 0) is 22.3 Å². The van der Waals surface area contributed by atoms with Crippen LogP contribution in [0.5, 0.6) is 0 Å². The Morgan fingerprint density at radius 2 is 2.60 bits per heavy atom. The van der Waals surface area contributed by atoms with E-state index in [4.69, 9.17) is 0 Å². The Morgan fingerprint density at radius 3 is 3.10 bits per heavy atom. The van der Waals surface area contributed by atoms with Crippen LogP contribution >= 0.6 is 30.1 Å². The van der Waals surface area contributed by atoms with E-state index in [1.165, 1.54) is 18.1 Å². The minimum Gasteiger partial charge on any atom is -0.351 e. The topological polar surface area (TPSA) is 15.6 Å². The van der Waals surface area contributed by atoms with E-state index < -0.39 is 0 Å². The molecule has 4 heteroatoms. The molecule has 1 heterocycles. The van der Waals surface area contributed by atoms with E-state index in [1.807, 2.05) is 0 Å². The average Bonchev–Trinajstić information content (AvgIpc) is 2.04. The molecular formula is C6H11IN2S. The molecular weight excluding hydrogens is 259 g/mol. The van der Waals surface area contributed by atoms with Gasteiger partial charge < -0.3 is 4.90 Å². The van der Waals surface area contributed by atoms with Crippen LogP contribution in [0, 0.1) is 0 Å². The van der Waals surface area contributed by atoms with Crippen molar-refractivity contribution in [2.45, 2.75) is 13.3 Å². The molecule has 0 aromatic rings. The monoisotopic (exact) mass is 270 g/mol. The Hall–Kier alpha value is 0.550. The molecule has 0 spiro atoms. The van der Waals surface area contributed by atoms with Gasteiger partial charge in [-0.15, -0.1) is 0 Å². The fourth-order valence-corrected chi connectivity index (χ4v) is 2.71. The Bertz CT molecular complexity index is 138. The summed E-state index contributed by atoms with van der Waals surface area (Å²) >= 11 is 2.29. The summed E-state index contributed by atoms with van der Waals surface area (Å²) < 4.78 is 0. The van der Waals surface area contributed by atoms with Crippen molar-refractivity contribution in [3.63, 3.8) is 0 Å². The molecule has 0 radical (unpaired) electrons. The van der Waals surface area contributed by atoms with Crippen molar-refractivity contribution in [3.05, 3.63) is 0 Å². The minimum atomic E-state index is 1.02. The molecule has 0 N–H and O–H groups in total. The fraction of sp³-hybridized carbons (Fsp3) is 0.833. The van der Waals surface area contributed by atoms with Crippen LogP contribution in [0.15, 0.2) is 4.99 Å². The van der Waals surface area contributed by atoms with Gasteiger partial charge in [-0.2, -0.15) is 0 Å². The maximum absolute atomic E-state index is 4.40. The lowest BCUT2D eigenvalue weighted by Crippen LogP contribution is -2.32.